The number of hydrogen-bond donors (Lipinski definition) is 1. The van der Waals surface area contributed by atoms with E-state index in [0.29, 0.717) is 0 Å². The number of carbonyl (C=O) groups excluding carboxylic acids is 1. The molecule has 10 nitrogen and oxygen atoms in total. The van der Waals surface area contributed by atoms with Gasteiger partial charge in [0.25, 0.3) is 0 Å². The van der Waals surface area contributed by atoms with Gasteiger partial charge >= 0.3 is 18.0 Å². The highest BCUT2D eigenvalue weighted by Crippen LogP contribution is 2.09. The van der Waals surface area contributed by atoms with Gasteiger partial charge in [0.15, 0.2) is 5.03 Å². The molecule has 1 amide bonds. The second kappa shape index (κ2) is 5.53. The first-order valence-corrected chi connectivity index (χ1v) is 4.75. The minimum atomic E-state index is -2.79. The van der Waals surface area contributed by atoms with Crippen LogP contribution in [0.2, 0.25) is 0 Å². The lowest BCUT2D eigenvalue weighted by Crippen LogP contribution is -2.52. The standard InChI is InChI=1S/C9H7N3O7/c13-8(6-4-2-1-3-5-6)10(12(18)19)7(9(14)15)11(16)17/h1-5,7H,(H,14,15). The fourth-order valence-corrected chi connectivity index (χ4v) is 1.27. The van der Waals surface area contributed by atoms with Crippen molar-refractivity contribution in [2.45, 2.75) is 6.17 Å². The molecule has 100 valence electrons. The van der Waals surface area contributed by atoms with Crippen molar-refractivity contribution >= 4 is 11.9 Å². The summed E-state index contributed by atoms with van der Waals surface area (Å²) in [4.78, 5) is 42.3. The Morgan fingerprint density at radius 2 is 1.68 bits per heavy atom. The highest BCUT2D eigenvalue weighted by atomic mass is 16.7. The number of hydrogen-bond acceptors (Lipinski definition) is 6. The van der Waals surface area contributed by atoms with E-state index in [9.17, 15) is 29.8 Å². The third-order valence-electron chi connectivity index (χ3n) is 2.06. The van der Waals surface area contributed by atoms with Gasteiger partial charge in [-0.15, -0.1) is 0 Å². The fourth-order valence-electron chi connectivity index (χ4n) is 1.27. The SMILES string of the molecule is O=C(O)C(N(C(=O)c1ccccc1)[N+](=O)[O-])[N+](=O)[O-]. The molecule has 0 saturated heterocycles. The Labute approximate surface area is 105 Å². The van der Waals surface area contributed by atoms with Crippen LogP contribution < -0.4 is 0 Å². The highest BCUT2D eigenvalue weighted by molar-refractivity contribution is 5.95. The Morgan fingerprint density at radius 3 is 2.05 bits per heavy atom. The second-order valence-electron chi connectivity index (χ2n) is 3.25. The summed E-state index contributed by atoms with van der Waals surface area (Å²) < 4.78 is 0. The van der Waals surface area contributed by atoms with Crippen LogP contribution >= 0.6 is 0 Å². The number of benzene rings is 1. The van der Waals surface area contributed by atoms with Crippen LogP contribution in [0, 0.1) is 20.2 Å². The van der Waals surface area contributed by atoms with Crippen LogP contribution in [0.15, 0.2) is 30.3 Å². The first-order valence-electron chi connectivity index (χ1n) is 4.75. The Hall–Kier alpha value is -3.04. The average molecular weight is 269 g/mol. The van der Waals surface area contributed by atoms with E-state index >= 15 is 0 Å². The summed E-state index contributed by atoms with van der Waals surface area (Å²) in [5.74, 6) is -3.49. The number of aliphatic carboxylic acids is 1. The van der Waals surface area contributed by atoms with Gasteiger partial charge in [0, 0.05) is 10.6 Å². The highest BCUT2D eigenvalue weighted by Gasteiger charge is 2.48. The van der Waals surface area contributed by atoms with Crippen LogP contribution in [0.4, 0.5) is 0 Å². The number of nitrogens with zero attached hydrogens (tertiary/aromatic N) is 3. The molecule has 1 aromatic rings. The summed E-state index contributed by atoms with van der Waals surface area (Å²) in [5.41, 5.74) is -0.229. The molecule has 1 rings (SSSR count). The lowest BCUT2D eigenvalue weighted by atomic mass is 10.2. The molecule has 1 N–H and O–H groups in total. The molecular weight excluding hydrogens is 262 g/mol. The van der Waals surface area contributed by atoms with Crippen molar-refractivity contribution in [1.82, 2.24) is 5.01 Å². The van der Waals surface area contributed by atoms with E-state index < -0.39 is 33.0 Å². The Balaban J connectivity index is 3.21. The maximum Gasteiger partial charge on any atom is 0.439 e. The number of hydrazine groups is 1. The Morgan fingerprint density at radius 1 is 1.16 bits per heavy atom. The van der Waals surface area contributed by atoms with Crippen molar-refractivity contribution in [1.29, 1.82) is 0 Å². The van der Waals surface area contributed by atoms with Crippen molar-refractivity contribution in [3.63, 3.8) is 0 Å². The quantitative estimate of drug-likeness (QED) is 0.450. The minimum absolute atomic E-state index is 0.229. The maximum atomic E-state index is 11.8. The van der Waals surface area contributed by atoms with E-state index in [-0.39, 0.29) is 5.56 Å². The number of nitro groups is 2. The van der Waals surface area contributed by atoms with E-state index in [1.54, 1.807) is 0 Å². The van der Waals surface area contributed by atoms with E-state index in [4.69, 9.17) is 5.11 Å². The third kappa shape index (κ3) is 3.00. The molecule has 0 saturated carbocycles. The van der Waals surface area contributed by atoms with Gasteiger partial charge in [-0.3, -0.25) is 14.9 Å². The fraction of sp³-hybridized carbons (Fsp3) is 0.111. The van der Waals surface area contributed by atoms with E-state index in [0.717, 1.165) is 0 Å². The van der Waals surface area contributed by atoms with Gasteiger partial charge in [-0.25, -0.2) is 14.9 Å². The number of carbonyl (C=O) groups is 2. The molecule has 1 atom stereocenters. The van der Waals surface area contributed by atoms with E-state index in [1.165, 1.54) is 30.3 Å². The molecule has 0 aliphatic carbocycles. The second-order valence-corrected chi connectivity index (χ2v) is 3.25. The summed E-state index contributed by atoms with van der Waals surface area (Å²) >= 11 is 0. The summed E-state index contributed by atoms with van der Waals surface area (Å²) in [7, 11) is 0. The van der Waals surface area contributed by atoms with Gasteiger partial charge in [-0.05, 0) is 12.1 Å². The monoisotopic (exact) mass is 269 g/mol. The molecule has 0 heterocycles. The average Bonchev–Trinajstić information content (AvgIpc) is 2.34. The minimum Gasteiger partial charge on any atom is -0.474 e. The third-order valence-corrected chi connectivity index (χ3v) is 2.06. The van der Waals surface area contributed by atoms with Gasteiger partial charge in [0.1, 0.15) is 0 Å². The maximum absolute atomic E-state index is 11.8. The molecule has 10 heteroatoms. The molecule has 1 aromatic carbocycles. The largest absolute Gasteiger partial charge is 0.474 e. The molecule has 0 aromatic heterocycles. The lowest BCUT2D eigenvalue weighted by molar-refractivity contribution is -0.702. The molecule has 1 unspecified atom stereocenters. The zero-order valence-electron chi connectivity index (χ0n) is 9.20. The predicted molar refractivity (Wildman–Crippen MR) is 58.0 cm³/mol. The first-order chi connectivity index (χ1) is 8.86. The molecule has 0 fully saturated rings. The number of carboxylic acids is 1. The van der Waals surface area contributed by atoms with Crippen molar-refractivity contribution in [2.24, 2.45) is 0 Å². The lowest BCUT2D eigenvalue weighted by Gasteiger charge is -2.13. The van der Waals surface area contributed by atoms with Crippen LogP contribution in [0.5, 0.6) is 0 Å². The zero-order valence-corrected chi connectivity index (χ0v) is 9.20. The van der Waals surface area contributed by atoms with Gasteiger partial charge in [0.2, 0.25) is 0 Å². The molecule has 19 heavy (non-hydrogen) atoms. The normalized spacial score (nSPS) is 11.4. The van der Waals surface area contributed by atoms with Gasteiger partial charge in [-0.2, -0.15) is 0 Å². The van der Waals surface area contributed by atoms with Crippen molar-refractivity contribution in [3.05, 3.63) is 56.1 Å². The summed E-state index contributed by atoms with van der Waals surface area (Å²) in [6, 6.07) is 6.64. The van der Waals surface area contributed by atoms with E-state index in [2.05, 4.69) is 0 Å². The van der Waals surface area contributed by atoms with Gasteiger partial charge in [0.05, 0.1) is 4.92 Å². The molecular formula is C9H7N3O7. The Bertz CT molecular complexity index is 516. The van der Waals surface area contributed by atoms with Crippen LogP contribution in [-0.4, -0.2) is 38.1 Å². The molecule has 0 bridgehead atoms. The molecule has 0 spiro atoms. The van der Waals surface area contributed by atoms with Crippen molar-refractivity contribution in [2.75, 3.05) is 0 Å². The molecule has 0 radical (unpaired) electrons. The van der Waals surface area contributed by atoms with Crippen LogP contribution in [0.25, 0.3) is 0 Å². The summed E-state index contributed by atoms with van der Waals surface area (Å²) in [6.45, 7) is 0. The summed E-state index contributed by atoms with van der Waals surface area (Å²) in [5, 5.41) is 27.9. The van der Waals surface area contributed by atoms with Crippen molar-refractivity contribution in [3.8, 4) is 0 Å². The van der Waals surface area contributed by atoms with Gasteiger partial charge < -0.3 is 5.11 Å². The van der Waals surface area contributed by atoms with Crippen molar-refractivity contribution < 1.29 is 24.7 Å². The zero-order chi connectivity index (χ0) is 14.6. The Kier molecular flexibility index (Phi) is 4.08. The number of amides is 1. The predicted octanol–water partition coefficient (Wildman–Crippen LogP) is 0.00790. The topological polar surface area (TPSA) is 144 Å². The number of carboxylic acid groups (broad SMARTS) is 1. The smallest absolute Gasteiger partial charge is 0.439 e. The van der Waals surface area contributed by atoms with Gasteiger partial charge in [-0.1, -0.05) is 18.2 Å². The number of rotatable bonds is 5. The first kappa shape index (κ1) is 14.0. The van der Waals surface area contributed by atoms with E-state index in [1.807, 2.05) is 0 Å². The molecule has 0 aliphatic rings. The van der Waals surface area contributed by atoms with Crippen LogP contribution in [-0.2, 0) is 4.79 Å². The van der Waals surface area contributed by atoms with Crippen LogP contribution in [0.3, 0.4) is 0 Å². The molecule has 0 aliphatic heterocycles. The summed E-state index contributed by atoms with van der Waals surface area (Å²) in [6.07, 6.45) is -2.79. The van der Waals surface area contributed by atoms with Crippen LogP contribution in [0.1, 0.15) is 10.4 Å².